The molecule has 0 fully saturated rings. The second-order valence-electron chi connectivity index (χ2n) is 6.44. The lowest BCUT2D eigenvalue weighted by Crippen LogP contribution is -2.12. The molecule has 29 heavy (non-hydrogen) atoms. The topological polar surface area (TPSA) is 86.1 Å². The Hall–Kier alpha value is -4.00. The molecule has 144 valence electrons. The van der Waals surface area contributed by atoms with E-state index in [4.69, 9.17) is 4.74 Å². The van der Waals surface area contributed by atoms with Crippen LogP contribution in [-0.2, 0) is 11.3 Å². The van der Waals surface area contributed by atoms with Gasteiger partial charge in [-0.15, -0.1) is 0 Å². The van der Waals surface area contributed by atoms with Gasteiger partial charge in [0.05, 0.1) is 25.2 Å². The summed E-state index contributed by atoms with van der Waals surface area (Å²) in [7, 11) is 1.32. The van der Waals surface area contributed by atoms with Crippen LogP contribution in [-0.4, -0.2) is 33.5 Å². The predicted molar refractivity (Wildman–Crippen MR) is 109 cm³/mol. The summed E-state index contributed by atoms with van der Waals surface area (Å²) in [6.45, 7) is 0.494. The SMILES string of the molecule is COC(=O)c1cc2c(cn1)ncn2Cc1cccc(C(=O)Nc2ccccc2)c1. The number of carbonyl (C=O) groups excluding carboxylic acids is 2. The minimum Gasteiger partial charge on any atom is -0.464 e. The molecule has 1 N–H and O–H groups in total. The highest BCUT2D eigenvalue weighted by Crippen LogP contribution is 2.17. The number of benzene rings is 2. The third kappa shape index (κ3) is 3.98. The number of esters is 1. The molecule has 0 atom stereocenters. The zero-order chi connectivity index (χ0) is 20.2. The van der Waals surface area contributed by atoms with E-state index in [-0.39, 0.29) is 11.6 Å². The van der Waals surface area contributed by atoms with Crippen LogP contribution >= 0.6 is 0 Å². The van der Waals surface area contributed by atoms with Crippen molar-refractivity contribution < 1.29 is 14.3 Å². The van der Waals surface area contributed by atoms with Gasteiger partial charge in [0.25, 0.3) is 5.91 Å². The molecule has 0 unspecified atom stereocenters. The first-order valence-electron chi connectivity index (χ1n) is 8.98. The number of methoxy groups -OCH3 is 1. The molecule has 2 aromatic carbocycles. The van der Waals surface area contributed by atoms with Gasteiger partial charge in [0.15, 0.2) is 5.69 Å². The molecule has 2 aromatic heterocycles. The molecule has 0 spiro atoms. The molecule has 0 radical (unpaired) electrons. The van der Waals surface area contributed by atoms with Crippen LogP contribution in [0.1, 0.15) is 26.4 Å². The number of nitrogens with zero attached hydrogens (tertiary/aromatic N) is 3. The van der Waals surface area contributed by atoms with E-state index >= 15 is 0 Å². The number of para-hydroxylation sites is 1. The first-order valence-corrected chi connectivity index (χ1v) is 8.98. The van der Waals surface area contributed by atoms with Crippen LogP contribution in [0.4, 0.5) is 5.69 Å². The average Bonchev–Trinajstić information content (AvgIpc) is 3.16. The summed E-state index contributed by atoms with van der Waals surface area (Å²) < 4.78 is 6.64. The second kappa shape index (κ2) is 7.93. The summed E-state index contributed by atoms with van der Waals surface area (Å²) in [5.74, 6) is -0.676. The van der Waals surface area contributed by atoms with Gasteiger partial charge in [-0.1, -0.05) is 30.3 Å². The number of imidazole rings is 1. The van der Waals surface area contributed by atoms with E-state index in [2.05, 4.69) is 15.3 Å². The third-order valence-electron chi connectivity index (χ3n) is 4.48. The van der Waals surface area contributed by atoms with Crippen molar-refractivity contribution in [2.75, 3.05) is 12.4 Å². The van der Waals surface area contributed by atoms with Gasteiger partial charge in [-0.3, -0.25) is 4.79 Å². The number of anilines is 1. The Morgan fingerprint density at radius 2 is 1.86 bits per heavy atom. The lowest BCUT2D eigenvalue weighted by molar-refractivity contribution is 0.0594. The van der Waals surface area contributed by atoms with E-state index in [9.17, 15) is 9.59 Å². The third-order valence-corrected chi connectivity index (χ3v) is 4.48. The van der Waals surface area contributed by atoms with Crippen molar-refractivity contribution in [3.63, 3.8) is 0 Å². The molecule has 7 heteroatoms. The van der Waals surface area contributed by atoms with E-state index in [0.29, 0.717) is 17.6 Å². The molecular formula is C22H18N4O3. The molecule has 0 aliphatic rings. The molecule has 4 rings (SSSR count). The van der Waals surface area contributed by atoms with Gasteiger partial charge in [0.1, 0.15) is 5.52 Å². The van der Waals surface area contributed by atoms with Crippen LogP contribution in [0.2, 0.25) is 0 Å². The molecule has 7 nitrogen and oxygen atoms in total. The molecule has 0 saturated carbocycles. The number of carbonyl (C=O) groups is 2. The van der Waals surface area contributed by atoms with Gasteiger partial charge in [-0.25, -0.2) is 14.8 Å². The summed E-state index contributed by atoms with van der Waals surface area (Å²) in [6.07, 6.45) is 3.23. The predicted octanol–water partition coefficient (Wildman–Crippen LogP) is 3.52. The first-order chi connectivity index (χ1) is 14.1. The first kappa shape index (κ1) is 18.4. The Morgan fingerprint density at radius 3 is 2.66 bits per heavy atom. The van der Waals surface area contributed by atoms with Crippen LogP contribution in [0.15, 0.2) is 73.2 Å². The van der Waals surface area contributed by atoms with Crippen molar-refractivity contribution in [1.82, 2.24) is 14.5 Å². The van der Waals surface area contributed by atoms with E-state index in [0.717, 1.165) is 16.8 Å². The normalized spacial score (nSPS) is 10.7. The van der Waals surface area contributed by atoms with Crippen molar-refractivity contribution >= 4 is 28.6 Å². The highest BCUT2D eigenvalue weighted by Gasteiger charge is 2.12. The van der Waals surface area contributed by atoms with Crippen LogP contribution in [0.25, 0.3) is 11.0 Å². The quantitative estimate of drug-likeness (QED) is 0.531. The minimum atomic E-state index is -0.501. The van der Waals surface area contributed by atoms with Gasteiger partial charge in [0.2, 0.25) is 0 Å². The maximum absolute atomic E-state index is 12.5. The molecule has 0 saturated heterocycles. The molecule has 4 aromatic rings. The fourth-order valence-corrected chi connectivity index (χ4v) is 3.04. The van der Waals surface area contributed by atoms with Gasteiger partial charge in [0, 0.05) is 17.8 Å². The summed E-state index contributed by atoms with van der Waals surface area (Å²) in [4.78, 5) is 32.7. The molecule has 2 heterocycles. The fourth-order valence-electron chi connectivity index (χ4n) is 3.04. The highest BCUT2D eigenvalue weighted by atomic mass is 16.5. The molecule has 0 aliphatic heterocycles. The van der Waals surface area contributed by atoms with Crippen LogP contribution in [0, 0.1) is 0 Å². The second-order valence-corrected chi connectivity index (χ2v) is 6.44. The molecular weight excluding hydrogens is 368 g/mol. The summed E-state index contributed by atoms with van der Waals surface area (Å²) in [6, 6.07) is 18.4. The average molecular weight is 386 g/mol. The molecule has 0 bridgehead atoms. The number of amides is 1. The van der Waals surface area contributed by atoms with E-state index in [1.807, 2.05) is 53.1 Å². The van der Waals surface area contributed by atoms with Crippen molar-refractivity contribution in [2.45, 2.75) is 6.54 Å². The molecule has 1 amide bonds. The maximum atomic E-state index is 12.5. The lowest BCUT2D eigenvalue weighted by Gasteiger charge is -2.09. The summed E-state index contributed by atoms with van der Waals surface area (Å²) in [5.41, 5.74) is 3.90. The van der Waals surface area contributed by atoms with Crippen LogP contribution in [0.3, 0.4) is 0 Å². The number of nitrogens with one attached hydrogen (secondary N) is 1. The Morgan fingerprint density at radius 1 is 1.03 bits per heavy atom. The van der Waals surface area contributed by atoms with E-state index in [1.165, 1.54) is 7.11 Å². The van der Waals surface area contributed by atoms with Crippen molar-refractivity contribution in [3.05, 3.63) is 90.0 Å². The fraction of sp³-hybridized carbons (Fsp3) is 0.0909. The number of rotatable bonds is 5. The summed E-state index contributed by atoms with van der Waals surface area (Å²) >= 11 is 0. The smallest absolute Gasteiger partial charge is 0.356 e. The molecule has 0 aliphatic carbocycles. The standard InChI is InChI=1S/C22H18N4O3/c1-29-22(28)18-11-20-19(12-23-18)24-14-26(20)13-15-6-5-7-16(10-15)21(27)25-17-8-3-2-4-9-17/h2-12,14H,13H2,1H3,(H,25,27). The largest absolute Gasteiger partial charge is 0.464 e. The highest BCUT2D eigenvalue weighted by molar-refractivity contribution is 6.04. The number of hydrogen-bond acceptors (Lipinski definition) is 5. The Balaban J connectivity index is 1.58. The van der Waals surface area contributed by atoms with E-state index < -0.39 is 5.97 Å². The zero-order valence-electron chi connectivity index (χ0n) is 15.7. The number of pyridine rings is 1. The Kier molecular flexibility index (Phi) is 5.03. The number of ether oxygens (including phenoxy) is 1. The zero-order valence-corrected chi connectivity index (χ0v) is 15.7. The van der Waals surface area contributed by atoms with Gasteiger partial charge in [-0.2, -0.15) is 0 Å². The Bertz CT molecular complexity index is 1190. The van der Waals surface area contributed by atoms with Crippen LogP contribution < -0.4 is 5.32 Å². The van der Waals surface area contributed by atoms with Gasteiger partial charge in [-0.05, 0) is 35.9 Å². The maximum Gasteiger partial charge on any atom is 0.356 e. The Labute approximate surface area is 167 Å². The van der Waals surface area contributed by atoms with Crippen molar-refractivity contribution in [1.29, 1.82) is 0 Å². The lowest BCUT2D eigenvalue weighted by atomic mass is 10.1. The van der Waals surface area contributed by atoms with Crippen molar-refractivity contribution in [3.8, 4) is 0 Å². The van der Waals surface area contributed by atoms with Crippen molar-refractivity contribution in [2.24, 2.45) is 0 Å². The monoisotopic (exact) mass is 386 g/mol. The summed E-state index contributed by atoms with van der Waals surface area (Å²) in [5, 5.41) is 2.88. The minimum absolute atomic E-state index is 0.175. The van der Waals surface area contributed by atoms with Gasteiger partial charge < -0.3 is 14.6 Å². The van der Waals surface area contributed by atoms with Gasteiger partial charge >= 0.3 is 5.97 Å². The number of aromatic nitrogens is 3. The number of fused-ring (bicyclic) bond motifs is 1. The van der Waals surface area contributed by atoms with Crippen LogP contribution in [0.5, 0.6) is 0 Å². The number of hydrogen-bond donors (Lipinski definition) is 1. The van der Waals surface area contributed by atoms with E-state index in [1.54, 1.807) is 24.7 Å².